The first-order chi connectivity index (χ1) is 9.64. The molecule has 2 aromatic rings. The van der Waals surface area contributed by atoms with Gasteiger partial charge < -0.3 is 9.84 Å². The van der Waals surface area contributed by atoms with Gasteiger partial charge >= 0.3 is 0 Å². The minimum absolute atomic E-state index is 0.238. The van der Waals surface area contributed by atoms with Gasteiger partial charge in [-0.15, -0.1) is 0 Å². The molecule has 106 valence electrons. The zero-order valence-corrected chi connectivity index (χ0v) is 11.9. The zero-order chi connectivity index (χ0) is 14.2. The lowest BCUT2D eigenvalue weighted by Crippen LogP contribution is -2.36. The number of nitrogens with zero attached hydrogens (tertiary/aromatic N) is 2. The molecule has 1 aromatic carbocycles. The molecule has 3 rings (SSSR count). The highest BCUT2D eigenvalue weighted by Gasteiger charge is 2.39. The zero-order valence-electron chi connectivity index (χ0n) is 11.1. The number of benzene rings is 1. The Labute approximate surface area is 121 Å². The van der Waals surface area contributed by atoms with Gasteiger partial charge in [0.05, 0.1) is 10.6 Å². The maximum absolute atomic E-state index is 13.1. The smallest absolute Gasteiger partial charge is 0.247 e. The van der Waals surface area contributed by atoms with Gasteiger partial charge in [-0.25, -0.2) is 4.39 Å². The van der Waals surface area contributed by atoms with Crippen molar-refractivity contribution in [2.45, 2.75) is 31.7 Å². The van der Waals surface area contributed by atoms with E-state index in [1.165, 1.54) is 12.1 Å². The Bertz CT molecular complexity index is 623. The van der Waals surface area contributed by atoms with Crippen LogP contribution >= 0.6 is 11.6 Å². The molecule has 4 nitrogen and oxygen atoms in total. The highest BCUT2D eigenvalue weighted by Crippen LogP contribution is 2.34. The minimum Gasteiger partial charge on any atom is -0.337 e. The number of hydrogen-bond acceptors (Lipinski definition) is 4. The number of halogens is 2. The molecule has 0 radical (unpaired) electrons. The minimum atomic E-state index is -0.384. The Kier molecular flexibility index (Phi) is 3.48. The SMILES string of the molecule is CCC1(c2nc(-c3ccc(F)cc3Cl)no2)CCCN1. The van der Waals surface area contributed by atoms with Crippen molar-refractivity contribution < 1.29 is 8.91 Å². The molecule has 0 saturated carbocycles. The van der Waals surface area contributed by atoms with Crippen LogP contribution in [0.25, 0.3) is 11.4 Å². The van der Waals surface area contributed by atoms with Gasteiger partial charge in [0.2, 0.25) is 11.7 Å². The molecule has 2 heterocycles. The van der Waals surface area contributed by atoms with Crippen LogP contribution in [-0.4, -0.2) is 16.7 Å². The van der Waals surface area contributed by atoms with E-state index < -0.39 is 0 Å². The van der Waals surface area contributed by atoms with Crippen LogP contribution in [0.3, 0.4) is 0 Å². The lowest BCUT2D eigenvalue weighted by atomic mass is 9.94. The Morgan fingerprint density at radius 1 is 1.50 bits per heavy atom. The number of aromatic nitrogens is 2. The summed E-state index contributed by atoms with van der Waals surface area (Å²) in [4.78, 5) is 4.45. The van der Waals surface area contributed by atoms with Crippen LogP contribution < -0.4 is 5.32 Å². The van der Waals surface area contributed by atoms with E-state index in [1.54, 1.807) is 6.07 Å². The van der Waals surface area contributed by atoms with Crippen molar-refractivity contribution in [3.63, 3.8) is 0 Å². The molecule has 1 aromatic heterocycles. The third-order valence-corrected chi connectivity index (χ3v) is 4.17. The van der Waals surface area contributed by atoms with Crippen LogP contribution in [-0.2, 0) is 5.54 Å². The molecular formula is C14H15ClFN3O. The Morgan fingerprint density at radius 3 is 3.00 bits per heavy atom. The quantitative estimate of drug-likeness (QED) is 0.941. The number of nitrogens with one attached hydrogen (secondary N) is 1. The average molecular weight is 296 g/mol. The normalized spacial score (nSPS) is 22.4. The Balaban J connectivity index is 1.97. The molecule has 1 atom stereocenters. The van der Waals surface area contributed by atoms with E-state index in [0.29, 0.717) is 17.3 Å². The standard InChI is InChI=1S/C14H15ClFN3O/c1-2-14(6-3-7-17-14)13-18-12(19-20-13)10-5-4-9(16)8-11(10)15/h4-5,8,17H,2-3,6-7H2,1H3. The molecule has 1 fully saturated rings. The summed E-state index contributed by atoms with van der Waals surface area (Å²) in [5.41, 5.74) is 0.338. The molecule has 6 heteroatoms. The van der Waals surface area contributed by atoms with Crippen molar-refractivity contribution >= 4 is 11.6 Å². The van der Waals surface area contributed by atoms with Crippen molar-refractivity contribution in [3.05, 3.63) is 34.9 Å². The molecule has 1 unspecified atom stereocenters. The largest absolute Gasteiger partial charge is 0.337 e. The summed E-state index contributed by atoms with van der Waals surface area (Å²) >= 11 is 6.02. The highest BCUT2D eigenvalue weighted by molar-refractivity contribution is 6.33. The van der Waals surface area contributed by atoms with Crippen LogP contribution in [0.5, 0.6) is 0 Å². The first kappa shape index (κ1) is 13.5. The first-order valence-electron chi connectivity index (χ1n) is 6.69. The van der Waals surface area contributed by atoms with Crippen LogP contribution in [0.4, 0.5) is 4.39 Å². The van der Waals surface area contributed by atoms with Crippen molar-refractivity contribution in [1.29, 1.82) is 0 Å². The molecule has 0 aliphatic carbocycles. The third-order valence-electron chi connectivity index (χ3n) is 3.85. The van der Waals surface area contributed by atoms with E-state index in [-0.39, 0.29) is 16.4 Å². The van der Waals surface area contributed by atoms with Crippen molar-refractivity contribution in [2.24, 2.45) is 0 Å². The van der Waals surface area contributed by atoms with Gasteiger partial charge in [-0.05, 0) is 44.0 Å². The van der Waals surface area contributed by atoms with E-state index in [4.69, 9.17) is 16.1 Å². The average Bonchev–Trinajstić information content (AvgIpc) is 3.08. The van der Waals surface area contributed by atoms with Gasteiger partial charge in [0, 0.05) is 5.56 Å². The molecule has 20 heavy (non-hydrogen) atoms. The molecule has 1 aliphatic heterocycles. The predicted octanol–water partition coefficient (Wildman–Crippen LogP) is 3.52. The molecule has 0 spiro atoms. The summed E-state index contributed by atoms with van der Waals surface area (Å²) in [6.07, 6.45) is 2.94. The molecular weight excluding hydrogens is 281 g/mol. The molecule has 1 N–H and O–H groups in total. The predicted molar refractivity (Wildman–Crippen MR) is 73.9 cm³/mol. The molecule has 0 bridgehead atoms. The molecule has 0 amide bonds. The second-order valence-corrected chi connectivity index (χ2v) is 5.42. The van der Waals surface area contributed by atoms with Crippen molar-refractivity contribution in [3.8, 4) is 11.4 Å². The van der Waals surface area contributed by atoms with E-state index in [1.807, 2.05) is 0 Å². The molecule has 1 aliphatic rings. The first-order valence-corrected chi connectivity index (χ1v) is 7.07. The van der Waals surface area contributed by atoms with Crippen LogP contribution in [0.1, 0.15) is 32.1 Å². The fraction of sp³-hybridized carbons (Fsp3) is 0.429. The molecule has 1 saturated heterocycles. The Hall–Kier alpha value is -1.46. The lowest BCUT2D eigenvalue weighted by molar-refractivity contribution is 0.250. The second-order valence-electron chi connectivity index (χ2n) is 5.01. The van der Waals surface area contributed by atoms with Crippen molar-refractivity contribution in [1.82, 2.24) is 15.5 Å². The second kappa shape index (κ2) is 5.14. The number of rotatable bonds is 3. The monoisotopic (exact) mass is 295 g/mol. The van der Waals surface area contributed by atoms with E-state index in [2.05, 4.69) is 22.4 Å². The van der Waals surface area contributed by atoms with E-state index in [9.17, 15) is 4.39 Å². The summed E-state index contributed by atoms with van der Waals surface area (Å²) in [7, 11) is 0. The van der Waals surface area contributed by atoms with E-state index in [0.717, 1.165) is 25.8 Å². The Morgan fingerprint density at radius 2 is 2.35 bits per heavy atom. The fourth-order valence-corrected chi connectivity index (χ4v) is 2.89. The third kappa shape index (κ3) is 2.21. The van der Waals surface area contributed by atoms with Crippen LogP contribution in [0.2, 0.25) is 5.02 Å². The summed E-state index contributed by atoms with van der Waals surface area (Å²) in [6.45, 7) is 3.04. The van der Waals surface area contributed by atoms with Gasteiger partial charge in [0.15, 0.2) is 0 Å². The summed E-state index contributed by atoms with van der Waals surface area (Å²) in [6, 6.07) is 4.14. The number of hydrogen-bond donors (Lipinski definition) is 1. The van der Waals surface area contributed by atoms with Crippen LogP contribution in [0.15, 0.2) is 22.7 Å². The lowest BCUT2D eigenvalue weighted by Gasteiger charge is -2.22. The van der Waals surface area contributed by atoms with Gasteiger partial charge in [0.1, 0.15) is 5.82 Å². The van der Waals surface area contributed by atoms with Gasteiger partial charge in [-0.1, -0.05) is 23.7 Å². The van der Waals surface area contributed by atoms with E-state index >= 15 is 0 Å². The van der Waals surface area contributed by atoms with Gasteiger partial charge in [0.25, 0.3) is 0 Å². The maximum Gasteiger partial charge on any atom is 0.247 e. The summed E-state index contributed by atoms with van der Waals surface area (Å²) in [5.74, 6) is 0.587. The van der Waals surface area contributed by atoms with Gasteiger partial charge in [-0.3, -0.25) is 0 Å². The van der Waals surface area contributed by atoms with Gasteiger partial charge in [-0.2, -0.15) is 4.98 Å². The van der Waals surface area contributed by atoms with Crippen LogP contribution in [0, 0.1) is 5.82 Å². The maximum atomic E-state index is 13.1. The highest BCUT2D eigenvalue weighted by atomic mass is 35.5. The fourth-order valence-electron chi connectivity index (χ4n) is 2.64. The summed E-state index contributed by atoms with van der Waals surface area (Å²) in [5, 5.41) is 7.70. The van der Waals surface area contributed by atoms with Crippen molar-refractivity contribution in [2.75, 3.05) is 6.54 Å². The topological polar surface area (TPSA) is 51.0 Å². The summed E-state index contributed by atoms with van der Waals surface area (Å²) < 4.78 is 18.5.